The Labute approximate surface area is 190 Å². The molecular weight excluding hydrogens is 432 g/mol. The Bertz CT molecular complexity index is 1020. The predicted molar refractivity (Wildman–Crippen MR) is 125 cm³/mol. The molecule has 7 heteroatoms. The van der Waals surface area contributed by atoms with Crippen LogP contribution in [-0.2, 0) is 21.9 Å². The summed E-state index contributed by atoms with van der Waals surface area (Å²) in [5.74, 6) is 0.924. The van der Waals surface area contributed by atoms with Crippen molar-refractivity contribution in [3.05, 3.63) is 64.2 Å². The molecule has 2 aromatic carbocycles. The van der Waals surface area contributed by atoms with Crippen LogP contribution in [0.4, 0.5) is 0 Å². The van der Waals surface area contributed by atoms with Gasteiger partial charge in [-0.25, -0.2) is 13.1 Å². The molecule has 4 rings (SSSR count). The van der Waals surface area contributed by atoms with E-state index in [-0.39, 0.29) is 23.8 Å². The molecule has 0 amide bonds. The monoisotopic (exact) mass is 462 g/mol. The lowest BCUT2D eigenvalue weighted by Crippen LogP contribution is -2.49. The topological polar surface area (TPSA) is 67.4 Å². The smallest absolute Gasteiger partial charge is 0.211 e. The summed E-state index contributed by atoms with van der Waals surface area (Å²) < 4.78 is 32.1. The minimum atomic E-state index is -3.21. The van der Waals surface area contributed by atoms with Gasteiger partial charge in [0.2, 0.25) is 10.0 Å². The molecule has 1 fully saturated rings. The molecule has 2 N–H and O–H groups in total. The first-order valence-electron chi connectivity index (χ1n) is 11.2. The number of halogens is 1. The molecule has 1 heterocycles. The van der Waals surface area contributed by atoms with Gasteiger partial charge in [0.05, 0.1) is 5.75 Å². The van der Waals surface area contributed by atoms with E-state index in [9.17, 15) is 8.42 Å². The van der Waals surface area contributed by atoms with Crippen LogP contribution in [0.5, 0.6) is 5.75 Å². The highest BCUT2D eigenvalue weighted by Gasteiger charge is 2.47. The Morgan fingerprint density at radius 1 is 1.23 bits per heavy atom. The first-order valence-corrected chi connectivity index (χ1v) is 13.2. The van der Waals surface area contributed by atoms with E-state index in [0.717, 1.165) is 36.6 Å². The predicted octanol–water partition coefficient (Wildman–Crippen LogP) is 4.36. The highest BCUT2D eigenvalue weighted by atomic mass is 35.5. The Balaban J connectivity index is 1.51. The number of hydrogen-bond donors (Lipinski definition) is 2. The van der Waals surface area contributed by atoms with Crippen LogP contribution in [0.3, 0.4) is 0 Å². The van der Waals surface area contributed by atoms with E-state index >= 15 is 0 Å². The fraction of sp³-hybridized carbons (Fsp3) is 0.500. The number of ether oxygens (including phenoxy) is 1. The Morgan fingerprint density at radius 2 is 2.06 bits per heavy atom. The molecule has 1 unspecified atom stereocenters. The molecule has 0 aromatic heterocycles. The van der Waals surface area contributed by atoms with Crippen LogP contribution in [0.15, 0.2) is 42.5 Å². The minimum Gasteiger partial charge on any atom is -0.492 e. The molecule has 1 aliphatic carbocycles. The molecule has 168 valence electrons. The maximum atomic E-state index is 11.8. The molecule has 2 aliphatic rings. The Hall–Kier alpha value is -1.60. The van der Waals surface area contributed by atoms with E-state index in [1.54, 1.807) is 0 Å². The number of hydrogen-bond acceptors (Lipinski definition) is 4. The summed E-state index contributed by atoms with van der Waals surface area (Å²) >= 11 is 6.33. The van der Waals surface area contributed by atoms with Gasteiger partial charge in [0.1, 0.15) is 12.4 Å². The third-order valence-corrected chi connectivity index (χ3v) is 8.36. The van der Waals surface area contributed by atoms with Crippen molar-refractivity contribution in [2.24, 2.45) is 0 Å². The fourth-order valence-electron chi connectivity index (χ4n) is 4.92. The SMILES string of the molecule is CCCS(=O)(=O)NCCOc1ccc2c(c1)C(C1(c3cccc(Cl)c3)CCC1)NCC2. The molecule has 1 atom stereocenters. The maximum absolute atomic E-state index is 11.8. The van der Waals surface area contributed by atoms with Crippen LogP contribution in [-0.4, -0.2) is 33.9 Å². The summed E-state index contributed by atoms with van der Waals surface area (Å²) in [6, 6.07) is 14.8. The fourth-order valence-corrected chi connectivity index (χ4v) is 6.19. The number of sulfonamides is 1. The van der Waals surface area contributed by atoms with Crippen molar-refractivity contribution < 1.29 is 13.2 Å². The van der Waals surface area contributed by atoms with E-state index in [2.05, 4.69) is 34.3 Å². The van der Waals surface area contributed by atoms with Gasteiger partial charge in [-0.15, -0.1) is 0 Å². The zero-order valence-electron chi connectivity index (χ0n) is 18.0. The van der Waals surface area contributed by atoms with E-state index < -0.39 is 10.0 Å². The van der Waals surface area contributed by atoms with Gasteiger partial charge in [0, 0.05) is 23.0 Å². The van der Waals surface area contributed by atoms with Crippen LogP contribution >= 0.6 is 11.6 Å². The summed E-state index contributed by atoms with van der Waals surface area (Å²) in [5.41, 5.74) is 3.99. The molecule has 0 spiro atoms. The van der Waals surface area contributed by atoms with Crippen LogP contribution in [0, 0.1) is 0 Å². The van der Waals surface area contributed by atoms with Crippen molar-refractivity contribution in [1.82, 2.24) is 10.0 Å². The maximum Gasteiger partial charge on any atom is 0.211 e. The van der Waals surface area contributed by atoms with Crippen LogP contribution < -0.4 is 14.8 Å². The first kappa shape index (κ1) is 22.6. The highest BCUT2D eigenvalue weighted by molar-refractivity contribution is 7.89. The average Bonchev–Trinajstić information content (AvgIpc) is 2.71. The highest BCUT2D eigenvalue weighted by Crippen LogP contribution is 2.54. The molecule has 31 heavy (non-hydrogen) atoms. The van der Waals surface area contributed by atoms with Gasteiger partial charge in [-0.05, 0) is 73.2 Å². The van der Waals surface area contributed by atoms with Crippen molar-refractivity contribution in [3.8, 4) is 5.75 Å². The average molecular weight is 463 g/mol. The lowest BCUT2D eigenvalue weighted by Gasteiger charge is -2.50. The Kier molecular flexibility index (Phi) is 6.92. The molecule has 0 radical (unpaired) electrons. The van der Waals surface area contributed by atoms with Crippen molar-refractivity contribution in [2.45, 2.75) is 50.5 Å². The third-order valence-electron chi connectivity index (χ3n) is 6.53. The number of rotatable bonds is 9. The third kappa shape index (κ3) is 4.92. The summed E-state index contributed by atoms with van der Waals surface area (Å²) in [7, 11) is -3.21. The molecule has 1 saturated carbocycles. The largest absolute Gasteiger partial charge is 0.492 e. The minimum absolute atomic E-state index is 0.0501. The zero-order valence-corrected chi connectivity index (χ0v) is 19.6. The molecular formula is C24H31ClN2O3S. The van der Waals surface area contributed by atoms with Crippen molar-refractivity contribution in [2.75, 3.05) is 25.4 Å². The molecule has 5 nitrogen and oxygen atoms in total. The van der Waals surface area contributed by atoms with Gasteiger partial charge in [0.25, 0.3) is 0 Å². The summed E-state index contributed by atoms with van der Waals surface area (Å²) in [6.07, 6.45) is 5.08. The van der Waals surface area contributed by atoms with Crippen LogP contribution in [0.1, 0.15) is 55.3 Å². The van der Waals surface area contributed by atoms with Crippen LogP contribution in [0.25, 0.3) is 0 Å². The molecule has 2 aromatic rings. The zero-order chi connectivity index (χ0) is 21.9. The molecule has 0 saturated heterocycles. The van der Waals surface area contributed by atoms with E-state index in [1.165, 1.54) is 23.1 Å². The van der Waals surface area contributed by atoms with Gasteiger partial charge in [0.15, 0.2) is 0 Å². The second-order valence-corrected chi connectivity index (χ2v) is 10.9. The summed E-state index contributed by atoms with van der Waals surface area (Å²) in [4.78, 5) is 0. The second-order valence-electron chi connectivity index (χ2n) is 8.58. The van der Waals surface area contributed by atoms with Crippen molar-refractivity contribution >= 4 is 21.6 Å². The number of nitrogens with one attached hydrogen (secondary N) is 2. The van der Waals surface area contributed by atoms with Crippen LogP contribution in [0.2, 0.25) is 5.02 Å². The lowest BCUT2D eigenvalue weighted by molar-refractivity contribution is 0.164. The standard InChI is InChI=1S/C24H31ClN2O3S/c1-2-15-31(28,29)27-13-14-30-21-8-7-18-9-12-26-23(22(18)17-21)24(10-4-11-24)19-5-3-6-20(25)16-19/h3,5-8,16-17,23,26-27H,2,4,9-15H2,1H3. The number of fused-ring (bicyclic) bond motifs is 1. The molecule has 0 bridgehead atoms. The second kappa shape index (κ2) is 9.49. The van der Waals surface area contributed by atoms with Gasteiger partial charge in [-0.1, -0.05) is 43.1 Å². The lowest BCUT2D eigenvalue weighted by atomic mass is 9.58. The van der Waals surface area contributed by atoms with E-state index in [0.29, 0.717) is 13.0 Å². The summed E-state index contributed by atoms with van der Waals surface area (Å²) in [6.45, 7) is 3.39. The quantitative estimate of drug-likeness (QED) is 0.543. The van der Waals surface area contributed by atoms with Gasteiger partial charge in [-0.2, -0.15) is 0 Å². The van der Waals surface area contributed by atoms with Gasteiger partial charge < -0.3 is 10.1 Å². The normalized spacial score (nSPS) is 20.0. The van der Waals surface area contributed by atoms with Gasteiger partial charge in [-0.3, -0.25) is 0 Å². The summed E-state index contributed by atoms with van der Waals surface area (Å²) in [5, 5.41) is 4.55. The van der Waals surface area contributed by atoms with Crippen molar-refractivity contribution in [3.63, 3.8) is 0 Å². The molecule has 1 aliphatic heterocycles. The van der Waals surface area contributed by atoms with Gasteiger partial charge >= 0.3 is 0 Å². The first-order chi connectivity index (χ1) is 14.9. The van der Waals surface area contributed by atoms with E-state index in [1.807, 2.05) is 25.1 Å². The Morgan fingerprint density at radius 3 is 2.77 bits per heavy atom. The van der Waals surface area contributed by atoms with E-state index in [4.69, 9.17) is 16.3 Å². The number of benzene rings is 2. The van der Waals surface area contributed by atoms with Crippen molar-refractivity contribution in [1.29, 1.82) is 0 Å².